The van der Waals surface area contributed by atoms with Gasteiger partial charge in [-0.25, -0.2) is 0 Å². The van der Waals surface area contributed by atoms with Gasteiger partial charge in [-0.3, -0.25) is 4.99 Å². The molecule has 0 bridgehead atoms. The summed E-state index contributed by atoms with van der Waals surface area (Å²) in [4.78, 5) is 4.37. The van der Waals surface area contributed by atoms with Crippen molar-refractivity contribution in [1.82, 2.24) is 10.6 Å². The molecule has 1 saturated carbocycles. The van der Waals surface area contributed by atoms with E-state index in [0.717, 1.165) is 12.2 Å². The lowest BCUT2D eigenvalue weighted by Crippen LogP contribution is -2.47. The maximum Gasteiger partial charge on any atom is 0.391 e. The zero-order valence-corrected chi connectivity index (χ0v) is 17.2. The molecule has 2 N–H and O–H groups in total. The number of halogens is 4. The number of hydrogen-bond donors (Lipinski definition) is 2. The molecule has 0 aliphatic heterocycles. The normalized spacial score (nSPS) is 21.2. The van der Waals surface area contributed by atoms with Gasteiger partial charge in [0.05, 0.1) is 25.3 Å². The summed E-state index contributed by atoms with van der Waals surface area (Å²) >= 11 is 0. The second-order valence-corrected chi connectivity index (χ2v) is 6.23. The molecule has 1 aromatic rings. The Bertz CT molecular complexity index is 524. The zero-order chi connectivity index (χ0) is 18.1. The summed E-state index contributed by atoms with van der Waals surface area (Å²) in [6.45, 7) is 1.49. The average molecular weight is 489 g/mol. The molecule has 1 aromatic heterocycles. The van der Waals surface area contributed by atoms with E-state index in [1.807, 2.05) is 12.1 Å². The van der Waals surface area contributed by atoms with Crippen LogP contribution < -0.4 is 10.6 Å². The largest absolute Gasteiger partial charge is 0.469 e. The van der Waals surface area contributed by atoms with Gasteiger partial charge in [-0.1, -0.05) is 6.42 Å². The number of aliphatic imine (C=N–C) groups is 1. The van der Waals surface area contributed by atoms with Gasteiger partial charge in [0.2, 0.25) is 0 Å². The highest BCUT2D eigenvalue weighted by Gasteiger charge is 2.42. The van der Waals surface area contributed by atoms with E-state index in [9.17, 15) is 13.2 Å². The van der Waals surface area contributed by atoms with Gasteiger partial charge in [-0.05, 0) is 31.4 Å². The fourth-order valence-electron chi connectivity index (χ4n) is 2.97. The number of rotatable bonds is 7. The summed E-state index contributed by atoms with van der Waals surface area (Å²) in [7, 11) is 1.59. The van der Waals surface area contributed by atoms with Crippen molar-refractivity contribution >= 4 is 29.9 Å². The van der Waals surface area contributed by atoms with Gasteiger partial charge in [-0.2, -0.15) is 13.2 Å². The molecule has 1 heterocycles. The van der Waals surface area contributed by atoms with Crippen molar-refractivity contribution in [2.75, 3.05) is 26.8 Å². The predicted octanol–water partition coefficient (Wildman–Crippen LogP) is 3.74. The van der Waals surface area contributed by atoms with Gasteiger partial charge in [-0.15, -0.1) is 24.0 Å². The Labute approximate surface area is 169 Å². The molecule has 26 heavy (non-hydrogen) atoms. The van der Waals surface area contributed by atoms with Crippen molar-refractivity contribution in [1.29, 1.82) is 0 Å². The molecule has 0 saturated heterocycles. The smallest absolute Gasteiger partial charge is 0.391 e. The first-order valence-electron chi connectivity index (χ1n) is 8.62. The van der Waals surface area contributed by atoms with Crippen LogP contribution in [0.1, 0.15) is 31.4 Å². The van der Waals surface area contributed by atoms with Crippen molar-refractivity contribution in [3.8, 4) is 0 Å². The molecule has 0 amide bonds. The van der Waals surface area contributed by atoms with Crippen molar-refractivity contribution in [3.05, 3.63) is 24.2 Å². The quantitative estimate of drug-likeness (QED) is 0.265. The molecule has 1 aliphatic rings. The molecular weight excluding hydrogens is 462 g/mol. The van der Waals surface area contributed by atoms with E-state index in [4.69, 9.17) is 9.15 Å². The van der Waals surface area contributed by atoms with Gasteiger partial charge in [0, 0.05) is 26.1 Å². The molecule has 0 spiro atoms. The Balaban J connectivity index is 0.00000338. The van der Waals surface area contributed by atoms with Gasteiger partial charge in [0.1, 0.15) is 5.76 Å². The van der Waals surface area contributed by atoms with Crippen molar-refractivity contribution in [3.63, 3.8) is 0 Å². The maximum absolute atomic E-state index is 13.0. The molecule has 1 aliphatic carbocycles. The van der Waals surface area contributed by atoms with Crippen LogP contribution in [-0.4, -0.2) is 45.0 Å². The van der Waals surface area contributed by atoms with Crippen LogP contribution in [0, 0.1) is 5.92 Å². The minimum Gasteiger partial charge on any atom is -0.469 e. The first kappa shape index (κ1) is 23.1. The first-order valence-corrected chi connectivity index (χ1v) is 8.62. The lowest BCUT2D eigenvalue weighted by molar-refractivity contribution is -0.183. The molecule has 0 radical (unpaired) electrons. The van der Waals surface area contributed by atoms with Crippen LogP contribution in [0.2, 0.25) is 0 Å². The monoisotopic (exact) mass is 489 g/mol. The fraction of sp³-hybridized carbons (Fsp3) is 0.706. The first-order chi connectivity index (χ1) is 12.0. The Morgan fingerprint density at radius 3 is 2.85 bits per heavy atom. The number of ether oxygens (including phenoxy) is 1. The number of furan rings is 1. The summed E-state index contributed by atoms with van der Waals surface area (Å²) in [5, 5.41) is 6.31. The van der Waals surface area contributed by atoms with Gasteiger partial charge in [0.15, 0.2) is 5.96 Å². The summed E-state index contributed by atoms with van der Waals surface area (Å²) < 4.78 is 49.1. The molecular formula is C17H27F3IN3O2. The van der Waals surface area contributed by atoms with Gasteiger partial charge >= 0.3 is 6.18 Å². The minimum absolute atomic E-state index is 0. The lowest BCUT2D eigenvalue weighted by Gasteiger charge is -2.32. The summed E-state index contributed by atoms with van der Waals surface area (Å²) in [5.41, 5.74) is 0. The van der Waals surface area contributed by atoms with Crippen LogP contribution in [0.15, 0.2) is 27.8 Å². The van der Waals surface area contributed by atoms with Crippen LogP contribution in [0.3, 0.4) is 0 Å². The summed E-state index contributed by atoms with van der Waals surface area (Å²) in [5.74, 6) is 0.136. The summed E-state index contributed by atoms with van der Waals surface area (Å²) in [6.07, 6.45) is -0.250. The molecule has 1 fully saturated rings. The van der Waals surface area contributed by atoms with Crippen LogP contribution in [-0.2, 0) is 11.2 Å². The molecule has 2 unspecified atom stereocenters. The number of methoxy groups -OCH3 is 1. The van der Waals surface area contributed by atoms with E-state index in [0.29, 0.717) is 38.5 Å². The Kier molecular flexibility index (Phi) is 10.4. The third-order valence-electron chi connectivity index (χ3n) is 4.29. The summed E-state index contributed by atoms with van der Waals surface area (Å²) in [6, 6.07) is 3.48. The van der Waals surface area contributed by atoms with E-state index in [2.05, 4.69) is 15.6 Å². The number of hydrogen-bond acceptors (Lipinski definition) is 3. The van der Waals surface area contributed by atoms with E-state index in [1.165, 1.54) is 0 Å². The standard InChI is InChI=1S/C17H26F3N3O2.HI/c1-24-11-9-22-16(21-8-7-15-6-3-10-25-15)23-14-5-2-4-13(12-14)17(18,19)20;/h3,6,10,13-14H,2,4-5,7-9,11-12H2,1H3,(H2,21,22,23);1H. The van der Waals surface area contributed by atoms with Crippen LogP contribution in [0.5, 0.6) is 0 Å². The van der Waals surface area contributed by atoms with Gasteiger partial charge < -0.3 is 19.8 Å². The highest BCUT2D eigenvalue weighted by Crippen LogP contribution is 2.37. The maximum atomic E-state index is 13.0. The minimum atomic E-state index is -4.12. The number of nitrogens with one attached hydrogen (secondary N) is 2. The molecule has 5 nitrogen and oxygen atoms in total. The van der Waals surface area contributed by atoms with Crippen molar-refractivity contribution < 1.29 is 22.3 Å². The van der Waals surface area contributed by atoms with Crippen molar-refractivity contribution in [2.45, 2.75) is 44.3 Å². The highest BCUT2D eigenvalue weighted by atomic mass is 127. The molecule has 0 aromatic carbocycles. The van der Waals surface area contributed by atoms with Gasteiger partial charge in [0.25, 0.3) is 0 Å². The topological polar surface area (TPSA) is 58.8 Å². The average Bonchev–Trinajstić information content (AvgIpc) is 3.08. The molecule has 150 valence electrons. The van der Waals surface area contributed by atoms with Crippen LogP contribution >= 0.6 is 24.0 Å². The zero-order valence-electron chi connectivity index (χ0n) is 14.8. The third-order valence-corrected chi connectivity index (χ3v) is 4.29. The van der Waals surface area contributed by atoms with Crippen LogP contribution in [0.25, 0.3) is 0 Å². The Hall–Kier alpha value is -0.970. The number of guanidine groups is 1. The Morgan fingerprint density at radius 1 is 1.38 bits per heavy atom. The third kappa shape index (κ3) is 8.15. The van der Waals surface area contributed by atoms with Crippen molar-refractivity contribution in [2.24, 2.45) is 10.9 Å². The second-order valence-electron chi connectivity index (χ2n) is 6.23. The fourth-order valence-corrected chi connectivity index (χ4v) is 2.97. The van der Waals surface area contributed by atoms with Crippen LogP contribution in [0.4, 0.5) is 13.2 Å². The van der Waals surface area contributed by atoms with E-state index in [-0.39, 0.29) is 42.9 Å². The van der Waals surface area contributed by atoms with E-state index in [1.54, 1.807) is 13.4 Å². The molecule has 9 heteroatoms. The van der Waals surface area contributed by atoms with E-state index < -0.39 is 12.1 Å². The van der Waals surface area contributed by atoms with E-state index >= 15 is 0 Å². The number of nitrogens with zero attached hydrogens (tertiary/aromatic N) is 1. The Morgan fingerprint density at radius 2 is 2.19 bits per heavy atom. The second kappa shape index (κ2) is 11.7. The molecule has 2 atom stereocenters. The lowest BCUT2D eigenvalue weighted by atomic mass is 9.85. The number of alkyl halides is 3. The SMILES string of the molecule is COCCN=C(NCCc1ccco1)NC1CCCC(C(F)(F)F)C1.I. The predicted molar refractivity (Wildman–Crippen MR) is 105 cm³/mol. The molecule has 2 rings (SSSR count). The highest BCUT2D eigenvalue weighted by molar-refractivity contribution is 14.0.